The molecule has 0 saturated carbocycles. The topological polar surface area (TPSA) is 510 Å². The lowest BCUT2D eigenvalue weighted by Crippen LogP contribution is -1.88. The van der Waals surface area contributed by atoms with Crippen molar-refractivity contribution < 1.29 is 9.13 Å². The maximum absolute atomic E-state index is 12.4. The predicted molar refractivity (Wildman–Crippen MR) is 325 cm³/mol. The molecule has 0 atom stereocenters. The summed E-state index contributed by atoms with van der Waals surface area (Å²) in [4.78, 5) is 15.7. The lowest BCUT2D eigenvalue weighted by molar-refractivity contribution is 0.415. The quantitative estimate of drug-likeness (QED) is 0.0325. The van der Waals surface area contributed by atoms with Gasteiger partial charge >= 0.3 is 0 Å². The number of halogens is 1. The molecule has 0 heterocycles. The third-order valence-electron chi connectivity index (χ3n) is 9.80. The molecular weight excluding hydrogens is 1040 g/mol. The number of nitrogens with two attached hydrogens (primary N) is 8. The van der Waals surface area contributed by atoms with Gasteiger partial charge in [-0.1, -0.05) is 109 Å². The molecule has 0 saturated heterocycles. The van der Waals surface area contributed by atoms with Gasteiger partial charge in [0.25, 0.3) is 0 Å². The average molecular weight is 1100 g/mol. The predicted octanol–water partition coefficient (Wildman–Crippen LogP) is 17.2. The zero-order valence-corrected chi connectivity index (χ0v) is 44.6. The molecule has 0 bridgehead atoms. The minimum atomic E-state index is -0.471. The Morgan fingerprint density at radius 1 is 0.346 bits per heavy atom. The van der Waals surface area contributed by atoms with Crippen LogP contribution in [0.4, 0.5) is 84.0 Å². The Morgan fingerprint density at radius 2 is 0.753 bits per heavy atom. The molecule has 0 fully saturated rings. The molecule has 414 valence electrons. The number of hydrogen-bond acceptors (Lipinski definition) is 15. The second kappa shape index (κ2) is 38.3. The number of anilines is 8. The van der Waals surface area contributed by atoms with Crippen LogP contribution in [0.2, 0.25) is 0 Å². The summed E-state index contributed by atoms with van der Waals surface area (Å²) in [6.45, 7) is 7.82. The van der Waals surface area contributed by atoms with Crippen molar-refractivity contribution in [3.8, 4) is 5.75 Å². The van der Waals surface area contributed by atoms with Crippen LogP contribution in [-0.4, -0.2) is 7.11 Å². The summed E-state index contributed by atoms with van der Waals surface area (Å²) in [6, 6.07) is 48.3. The summed E-state index contributed by atoms with van der Waals surface area (Å²) < 4.78 is 17.3. The monoisotopic (exact) mass is 1090 g/mol. The van der Waals surface area contributed by atoms with Gasteiger partial charge in [-0.3, -0.25) is 0 Å². The van der Waals surface area contributed by atoms with Crippen molar-refractivity contribution in [2.45, 2.75) is 27.7 Å². The van der Waals surface area contributed by atoms with Crippen LogP contribution < -0.4 is 50.6 Å². The first-order chi connectivity index (χ1) is 38.8. The van der Waals surface area contributed by atoms with Crippen LogP contribution in [0.15, 0.2) is 201 Å². The normalized spacial score (nSPS) is 8.77. The molecule has 0 spiro atoms. The van der Waals surface area contributed by atoms with Crippen molar-refractivity contribution in [3.63, 3.8) is 0 Å². The Bertz CT molecular complexity index is 3480. The number of nitrogen functional groups attached to an aromatic ring is 8. The smallest absolute Gasteiger partial charge is 0.123 e. The van der Waals surface area contributed by atoms with Crippen molar-refractivity contribution in [2.24, 2.45) is 30.7 Å². The fourth-order valence-corrected chi connectivity index (χ4v) is 5.44. The number of azide groups is 6. The Kier molecular flexibility index (Phi) is 31.6. The molecule has 8 rings (SSSR count). The van der Waals surface area contributed by atoms with Crippen molar-refractivity contribution in [1.29, 1.82) is 0 Å². The highest BCUT2D eigenvalue weighted by atomic mass is 19.1. The molecule has 8 aromatic carbocycles. The van der Waals surface area contributed by atoms with Crippen LogP contribution >= 0.6 is 0 Å². The van der Waals surface area contributed by atoms with Gasteiger partial charge in [0.2, 0.25) is 0 Å². The molecule has 0 aromatic heterocycles. The summed E-state index contributed by atoms with van der Waals surface area (Å²) in [6.07, 6.45) is 0. The standard InChI is InChI=1S/C8H10N4.C7H8N4O.C7H8N4.C7H9N.C6H5FN4.2C6H6N4.C6H7N/c1-5-3-7(9)8(11-12-10)4-6(5)2;1-12-5-2-3-6(8)7(4-5)10-11-9;1-5-2-3-6(8)7(4-5)10-11-9;1-6-4-2-3-5-7(6)8;7-4-1-2-5(8)6(3-4)10-11-9;7-5-1-3-6(4-2-5)9-10-8;7-5-3-1-2-4-6(5)9-10-8;7-6-4-2-1-3-5-6/h3-4H,9H2,1-2H3;2-4H,8H2,1H3;2-4H,8H2,1H3;2-5H,8H2,1H3;1-3H,8H2;2*1-4H,7H2;1-5H,7H2. The number of nitrogens with zero attached hydrogens (tertiary/aromatic N) is 18. The number of methoxy groups -OCH3 is 1. The largest absolute Gasteiger partial charge is 0.497 e. The van der Waals surface area contributed by atoms with Gasteiger partial charge in [-0.15, -0.1) is 0 Å². The van der Waals surface area contributed by atoms with Crippen LogP contribution in [-0.2, 0) is 0 Å². The van der Waals surface area contributed by atoms with E-state index in [4.69, 9.17) is 83.8 Å². The van der Waals surface area contributed by atoms with Crippen LogP contribution in [0.1, 0.15) is 22.3 Å². The Hall–Kier alpha value is -12.3. The SMILES string of the molecule is COc1ccc(N)c(N=[N+]=[N-])c1.Cc1cc(N)c(N=[N+]=[N-])cc1C.Cc1ccc(N)c(N=[N+]=[N-])c1.Cc1ccccc1N.Nc1ccccc1.[N-]=[N+]=Nc1cc(F)ccc1N.[N-]=[N+]=Nc1ccc(N)cc1.[N-]=[N+]=Nc1ccccc1N. The van der Waals surface area contributed by atoms with E-state index in [0.717, 1.165) is 39.7 Å². The summed E-state index contributed by atoms with van der Waals surface area (Å²) >= 11 is 0. The number of hydrogen-bond donors (Lipinski definition) is 8. The van der Waals surface area contributed by atoms with Gasteiger partial charge < -0.3 is 50.6 Å². The first-order valence-electron chi connectivity index (χ1n) is 23.1. The third-order valence-corrected chi connectivity index (χ3v) is 9.80. The molecule has 8 aromatic rings. The third kappa shape index (κ3) is 27.7. The Balaban J connectivity index is 0.000000465. The molecule has 28 heteroatoms. The highest BCUT2D eigenvalue weighted by Gasteiger charge is 2.01. The number of benzene rings is 8. The number of ether oxygens (including phenoxy) is 1. The van der Waals surface area contributed by atoms with Crippen LogP contribution in [0, 0.1) is 33.5 Å². The number of aryl methyl sites for hydroxylation is 4. The van der Waals surface area contributed by atoms with E-state index in [0.29, 0.717) is 62.6 Å². The second-order valence-corrected chi connectivity index (χ2v) is 15.7. The lowest BCUT2D eigenvalue weighted by atomic mass is 10.1. The first kappa shape index (κ1) is 66.8. The molecule has 0 aliphatic carbocycles. The summed E-state index contributed by atoms with van der Waals surface area (Å²) in [5.41, 5.74) is 104. The van der Waals surface area contributed by atoms with Gasteiger partial charge in [0.15, 0.2) is 0 Å². The van der Waals surface area contributed by atoms with E-state index < -0.39 is 5.82 Å². The van der Waals surface area contributed by atoms with Crippen LogP contribution in [0.5, 0.6) is 5.75 Å². The molecule has 0 amide bonds. The van der Waals surface area contributed by atoms with Gasteiger partial charge in [-0.05, 0) is 175 Å². The van der Waals surface area contributed by atoms with E-state index in [1.165, 1.54) is 19.2 Å². The molecule has 0 aliphatic rings. The fourth-order valence-electron chi connectivity index (χ4n) is 5.44. The van der Waals surface area contributed by atoms with E-state index in [9.17, 15) is 4.39 Å². The zero-order chi connectivity index (χ0) is 60.5. The van der Waals surface area contributed by atoms with E-state index in [1.807, 2.05) is 88.4 Å². The highest BCUT2D eigenvalue weighted by Crippen LogP contribution is 2.28. The average Bonchev–Trinajstić information content (AvgIpc) is 3.45. The molecule has 0 unspecified atom stereocenters. The summed E-state index contributed by atoms with van der Waals surface area (Å²) in [7, 11) is 1.53. The van der Waals surface area contributed by atoms with Crippen molar-refractivity contribution in [2.75, 3.05) is 53.0 Å². The molecular formula is C53H59FN26O. The number of rotatable bonds is 7. The number of para-hydroxylation sites is 3. The zero-order valence-electron chi connectivity index (χ0n) is 44.6. The maximum atomic E-state index is 12.4. The maximum Gasteiger partial charge on any atom is 0.123 e. The minimum absolute atomic E-state index is 0.118. The van der Waals surface area contributed by atoms with Gasteiger partial charge in [0, 0.05) is 80.7 Å². The summed E-state index contributed by atoms with van der Waals surface area (Å²) in [5.74, 6) is 0.146. The second-order valence-electron chi connectivity index (χ2n) is 15.7. The lowest BCUT2D eigenvalue weighted by Gasteiger charge is -2.03. The van der Waals surface area contributed by atoms with E-state index in [1.54, 1.807) is 91.0 Å². The fraction of sp³-hybridized carbons (Fsp3) is 0.0943. The Labute approximate surface area is 464 Å². The van der Waals surface area contributed by atoms with Gasteiger partial charge in [-0.2, -0.15) is 0 Å². The van der Waals surface area contributed by atoms with Crippen LogP contribution in [0.25, 0.3) is 62.7 Å². The summed E-state index contributed by atoms with van der Waals surface area (Å²) in [5, 5.41) is 20.2. The van der Waals surface area contributed by atoms with Crippen molar-refractivity contribution in [3.05, 3.63) is 261 Å². The van der Waals surface area contributed by atoms with Crippen LogP contribution in [0.3, 0.4) is 0 Å². The van der Waals surface area contributed by atoms with E-state index >= 15 is 0 Å². The molecule has 16 N–H and O–H groups in total. The first-order valence-corrected chi connectivity index (χ1v) is 23.1. The molecule has 0 radical (unpaired) electrons. The molecule has 27 nitrogen and oxygen atoms in total. The van der Waals surface area contributed by atoms with Gasteiger partial charge in [-0.25, -0.2) is 4.39 Å². The van der Waals surface area contributed by atoms with Gasteiger partial charge in [0.1, 0.15) is 11.6 Å². The van der Waals surface area contributed by atoms with E-state index in [2.05, 4.69) is 60.2 Å². The highest BCUT2D eigenvalue weighted by molar-refractivity contribution is 5.66. The molecule has 81 heavy (non-hydrogen) atoms. The van der Waals surface area contributed by atoms with Crippen molar-refractivity contribution in [1.82, 2.24) is 0 Å². The Morgan fingerprint density at radius 3 is 1.22 bits per heavy atom. The van der Waals surface area contributed by atoms with Crippen molar-refractivity contribution >= 4 is 79.6 Å². The molecule has 0 aliphatic heterocycles. The minimum Gasteiger partial charge on any atom is -0.497 e. The van der Waals surface area contributed by atoms with E-state index in [-0.39, 0.29) is 11.4 Å². The van der Waals surface area contributed by atoms with Gasteiger partial charge in [0.05, 0.1) is 35.5 Å².